The quantitative estimate of drug-likeness (QED) is 0.910. The van der Waals surface area contributed by atoms with Gasteiger partial charge >= 0.3 is 0 Å². The van der Waals surface area contributed by atoms with Crippen molar-refractivity contribution in [3.8, 4) is 17.6 Å². The maximum atomic E-state index is 12.1. The summed E-state index contributed by atoms with van der Waals surface area (Å²) in [5.74, 6) is 1.26. The molecular formula is C13H10N4O3. The maximum absolute atomic E-state index is 12.1. The van der Waals surface area contributed by atoms with Crippen molar-refractivity contribution >= 4 is 11.7 Å². The summed E-state index contributed by atoms with van der Waals surface area (Å²) < 4.78 is 11.8. The predicted octanol–water partition coefficient (Wildman–Crippen LogP) is 1.39. The second kappa shape index (κ2) is 4.93. The van der Waals surface area contributed by atoms with Gasteiger partial charge in [0.05, 0.1) is 6.07 Å². The smallest absolute Gasteiger partial charge is 0.257 e. The fourth-order valence-electron chi connectivity index (χ4n) is 1.82. The van der Waals surface area contributed by atoms with Gasteiger partial charge in [0.15, 0.2) is 17.3 Å². The largest absolute Gasteiger partial charge is 0.454 e. The molecule has 0 unspecified atom stereocenters. The van der Waals surface area contributed by atoms with Gasteiger partial charge in [0.2, 0.25) is 6.79 Å². The van der Waals surface area contributed by atoms with Crippen LogP contribution < -0.4 is 14.8 Å². The number of carbonyl (C=O) groups is 1. The number of hydrogen-bond donors (Lipinski definition) is 1. The van der Waals surface area contributed by atoms with Crippen LogP contribution in [0.2, 0.25) is 0 Å². The lowest BCUT2D eigenvalue weighted by Crippen LogP contribution is -2.12. The number of rotatable bonds is 3. The zero-order valence-corrected chi connectivity index (χ0v) is 10.4. The SMILES string of the molecule is N#CCn1ccc(NC(=O)c2ccc3c(c2)OCO3)n1. The van der Waals surface area contributed by atoms with Gasteiger partial charge in [0.25, 0.3) is 5.91 Å². The highest BCUT2D eigenvalue weighted by atomic mass is 16.7. The molecule has 1 aliphatic heterocycles. The van der Waals surface area contributed by atoms with Crippen LogP contribution in [0, 0.1) is 11.3 Å². The highest BCUT2D eigenvalue weighted by molar-refractivity contribution is 6.04. The van der Waals surface area contributed by atoms with Crippen molar-refractivity contribution in [1.29, 1.82) is 5.26 Å². The van der Waals surface area contributed by atoms with Gasteiger partial charge in [-0.1, -0.05) is 0 Å². The van der Waals surface area contributed by atoms with Crippen molar-refractivity contribution in [3.63, 3.8) is 0 Å². The molecule has 0 atom stereocenters. The molecule has 1 aromatic carbocycles. The highest BCUT2D eigenvalue weighted by Gasteiger charge is 2.16. The average molecular weight is 270 g/mol. The lowest BCUT2D eigenvalue weighted by molar-refractivity contribution is 0.102. The summed E-state index contributed by atoms with van der Waals surface area (Å²) in [5, 5.41) is 15.3. The molecule has 100 valence electrons. The Morgan fingerprint density at radius 3 is 3.10 bits per heavy atom. The summed E-state index contributed by atoms with van der Waals surface area (Å²) >= 11 is 0. The first-order valence-corrected chi connectivity index (χ1v) is 5.87. The van der Waals surface area contributed by atoms with E-state index in [0.29, 0.717) is 22.9 Å². The summed E-state index contributed by atoms with van der Waals surface area (Å²) in [5.41, 5.74) is 0.448. The molecule has 1 aromatic heterocycles. The number of fused-ring (bicyclic) bond motifs is 1. The normalized spacial score (nSPS) is 11.9. The average Bonchev–Trinajstić information content (AvgIpc) is 3.07. The molecule has 0 saturated heterocycles. The van der Waals surface area contributed by atoms with Crippen molar-refractivity contribution in [2.75, 3.05) is 12.1 Å². The van der Waals surface area contributed by atoms with E-state index in [-0.39, 0.29) is 19.2 Å². The van der Waals surface area contributed by atoms with E-state index in [2.05, 4.69) is 10.4 Å². The molecule has 1 N–H and O–H groups in total. The molecule has 0 aliphatic carbocycles. The third-order valence-corrected chi connectivity index (χ3v) is 2.75. The Kier molecular flexibility index (Phi) is 2.97. The van der Waals surface area contributed by atoms with Crippen LogP contribution in [0.1, 0.15) is 10.4 Å². The fraction of sp³-hybridized carbons (Fsp3) is 0.154. The van der Waals surface area contributed by atoms with Gasteiger partial charge in [-0.15, -0.1) is 0 Å². The van der Waals surface area contributed by atoms with Crippen LogP contribution in [-0.2, 0) is 6.54 Å². The van der Waals surface area contributed by atoms with Gasteiger partial charge in [-0.25, -0.2) is 0 Å². The van der Waals surface area contributed by atoms with Crippen LogP contribution in [0.3, 0.4) is 0 Å². The maximum Gasteiger partial charge on any atom is 0.257 e. The van der Waals surface area contributed by atoms with Gasteiger partial charge < -0.3 is 14.8 Å². The Bertz CT molecular complexity index is 702. The third kappa shape index (κ3) is 2.27. The molecule has 3 rings (SSSR count). The van der Waals surface area contributed by atoms with E-state index in [1.165, 1.54) is 4.68 Å². The second-order valence-electron chi connectivity index (χ2n) is 4.08. The number of hydrogen-bond acceptors (Lipinski definition) is 5. The summed E-state index contributed by atoms with van der Waals surface area (Å²) in [6, 6.07) is 8.54. The first kappa shape index (κ1) is 12.0. The Hall–Kier alpha value is -3.01. The molecule has 0 fully saturated rings. The number of amides is 1. The number of nitrogens with one attached hydrogen (secondary N) is 1. The molecule has 20 heavy (non-hydrogen) atoms. The van der Waals surface area contributed by atoms with Crippen molar-refractivity contribution < 1.29 is 14.3 Å². The Labute approximate surface area is 114 Å². The van der Waals surface area contributed by atoms with Gasteiger partial charge in [-0.2, -0.15) is 10.4 Å². The summed E-state index contributed by atoms with van der Waals surface area (Å²) in [4.78, 5) is 12.1. The van der Waals surface area contributed by atoms with Crippen molar-refractivity contribution in [2.24, 2.45) is 0 Å². The third-order valence-electron chi connectivity index (χ3n) is 2.75. The standard InChI is InChI=1S/C13H10N4O3/c14-4-6-17-5-3-12(16-17)15-13(18)9-1-2-10-11(7-9)20-8-19-10/h1-3,5,7H,6,8H2,(H,15,16,18). The molecule has 1 aliphatic rings. The van der Waals surface area contributed by atoms with Gasteiger partial charge in [0.1, 0.15) is 6.54 Å². The number of ether oxygens (including phenoxy) is 2. The molecule has 1 amide bonds. The number of anilines is 1. The topological polar surface area (TPSA) is 89.2 Å². The van der Waals surface area contributed by atoms with Gasteiger partial charge in [-0.05, 0) is 18.2 Å². The predicted molar refractivity (Wildman–Crippen MR) is 68.4 cm³/mol. The number of nitriles is 1. The molecule has 7 nitrogen and oxygen atoms in total. The molecule has 0 radical (unpaired) electrons. The first-order valence-electron chi connectivity index (χ1n) is 5.87. The van der Waals surface area contributed by atoms with Crippen LogP contribution in [-0.4, -0.2) is 22.5 Å². The highest BCUT2D eigenvalue weighted by Crippen LogP contribution is 2.32. The molecule has 2 aromatic rings. The first-order chi connectivity index (χ1) is 9.76. The van der Waals surface area contributed by atoms with Crippen LogP contribution >= 0.6 is 0 Å². The lowest BCUT2D eigenvalue weighted by atomic mass is 10.2. The lowest BCUT2D eigenvalue weighted by Gasteiger charge is -2.03. The minimum atomic E-state index is -0.300. The molecule has 7 heteroatoms. The van der Waals surface area contributed by atoms with Crippen molar-refractivity contribution in [2.45, 2.75) is 6.54 Å². The Morgan fingerprint density at radius 2 is 2.25 bits per heavy atom. The van der Waals surface area contributed by atoms with Crippen LogP contribution in [0.25, 0.3) is 0 Å². The minimum Gasteiger partial charge on any atom is -0.454 e. The van der Waals surface area contributed by atoms with E-state index in [1.54, 1.807) is 30.5 Å². The zero-order valence-electron chi connectivity index (χ0n) is 10.4. The zero-order chi connectivity index (χ0) is 13.9. The number of nitrogens with zero attached hydrogens (tertiary/aromatic N) is 3. The summed E-state index contributed by atoms with van der Waals surface area (Å²) in [6.45, 7) is 0.304. The fourth-order valence-corrected chi connectivity index (χ4v) is 1.82. The van der Waals surface area contributed by atoms with E-state index in [9.17, 15) is 4.79 Å². The monoisotopic (exact) mass is 270 g/mol. The summed E-state index contributed by atoms with van der Waals surface area (Å²) in [7, 11) is 0. The van der Waals surface area contributed by atoms with Crippen LogP contribution in [0.4, 0.5) is 5.82 Å². The number of benzene rings is 1. The van der Waals surface area contributed by atoms with Crippen molar-refractivity contribution in [1.82, 2.24) is 9.78 Å². The van der Waals surface area contributed by atoms with Crippen LogP contribution in [0.5, 0.6) is 11.5 Å². The van der Waals surface area contributed by atoms with E-state index in [0.717, 1.165) is 0 Å². The molecule has 0 bridgehead atoms. The number of carbonyl (C=O) groups excluding carboxylic acids is 1. The van der Waals surface area contributed by atoms with Crippen LogP contribution in [0.15, 0.2) is 30.5 Å². The van der Waals surface area contributed by atoms with Crippen molar-refractivity contribution in [3.05, 3.63) is 36.0 Å². The van der Waals surface area contributed by atoms with Gasteiger partial charge in [-0.3, -0.25) is 9.48 Å². The van der Waals surface area contributed by atoms with E-state index in [1.807, 2.05) is 6.07 Å². The van der Waals surface area contributed by atoms with E-state index < -0.39 is 0 Å². The van der Waals surface area contributed by atoms with E-state index in [4.69, 9.17) is 14.7 Å². The second-order valence-corrected chi connectivity index (χ2v) is 4.08. The number of aromatic nitrogens is 2. The summed E-state index contributed by atoms with van der Waals surface area (Å²) in [6.07, 6.45) is 1.62. The Morgan fingerprint density at radius 1 is 1.40 bits per heavy atom. The van der Waals surface area contributed by atoms with Gasteiger partial charge in [0, 0.05) is 17.8 Å². The Balaban J connectivity index is 1.74. The molecular weight excluding hydrogens is 260 g/mol. The minimum absolute atomic E-state index is 0.139. The molecule has 0 saturated carbocycles. The molecule has 0 spiro atoms. The van der Waals surface area contributed by atoms with E-state index >= 15 is 0 Å². The molecule has 2 heterocycles.